The van der Waals surface area contributed by atoms with Crippen LogP contribution < -0.4 is 10.6 Å². The van der Waals surface area contributed by atoms with Gasteiger partial charge in [-0.2, -0.15) is 0 Å². The van der Waals surface area contributed by atoms with Gasteiger partial charge in [0.1, 0.15) is 11.8 Å². The summed E-state index contributed by atoms with van der Waals surface area (Å²) >= 11 is 0. The molecule has 0 unspecified atom stereocenters. The lowest BCUT2D eigenvalue weighted by Gasteiger charge is -2.21. The van der Waals surface area contributed by atoms with Gasteiger partial charge in [0.2, 0.25) is 0 Å². The van der Waals surface area contributed by atoms with Crippen LogP contribution in [0.25, 0.3) is 0 Å². The fourth-order valence-electron chi connectivity index (χ4n) is 1.25. The Bertz CT molecular complexity index is 221. The Kier molecular flexibility index (Phi) is 5.31. The number of nitrogens with one attached hydrogen (secondary N) is 2. The zero-order chi connectivity index (χ0) is 10.8. The molecule has 90 valence electrons. The second kappa shape index (κ2) is 5.51. The van der Waals surface area contributed by atoms with Crippen LogP contribution in [-0.4, -0.2) is 30.6 Å². The molecule has 2 atom stereocenters. The first-order chi connectivity index (χ1) is 6.37. The number of hydrogen-bond donors (Lipinski definition) is 2. The van der Waals surface area contributed by atoms with E-state index in [0.717, 1.165) is 0 Å². The molecule has 0 aromatic heterocycles. The first-order valence-electron chi connectivity index (χ1n) is 4.74. The number of alkyl halides is 1. The van der Waals surface area contributed by atoms with Crippen molar-refractivity contribution in [3.05, 3.63) is 0 Å². The average Bonchev–Trinajstić information content (AvgIpc) is 2.30. The highest BCUT2D eigenvalue weighted by Crippen LogP contribution is 2.10. The number of rotatable bonds is 1. The topological polar surface area (TPSA) is 50.4 Å². The van der Waals surface area contributed by atoms with Gasteiger partial charge >= 0.3 is 6.09 Å². The second-order valence-corrected chi connectivity index (χ2v) is 4.44. The fourth-order valence-corrected chi connectivity index (χ4v) is 1.25. The molecular weight excluding hydrogens is 223 g/mol. The number of carbonyl (C=O) groups is 1. The van der Waals surface area contributed by atoms with Crippen molar-refractivity contribution in [2.24, 2.45) is 0 Å². The van der Waals surface area contributed by atoms with Crippen molar-refractivity contribution < 1.29 is 13.9 Å². The molecule has 0 spiro atoms. The largest absolute Gasteiger partial charge is 0.444 e. The molecule has 0 aromatic carbocycles. The molecule has 2 N–H and O–H groups in total. The van der Waals surface area contributed by atoms with E-state index >= 15 is 0 Å². The van der Waals surface area contributed by atoms with Crippen molar-refractivity contribution in [2.75, 3.05) is 6.54 Å². The van der Waals surface area contributed by atoms with Gasteiger partial charge in [0.15, 0.2) is 0 Å². The van der Waals surface area contributed by atoms with Crippen LogP contribution in [0.4, 0.5) is 9.18 Å². The number of alkyl carbamates (subject to hydrolysis) is 1. The first-order valence-corrected chi connectivity index (χ1v) is 4.74. The first kappa shape index (κ1) is 14.5. The summed E-state index contributed by atoms with van der Waals surface area (Å²) in [7, 11) is 0. The number of ether oxygens (including phenoxy) is 1. The smallest absolute Gasteiger partial charge is 0.408 e. The maximum absolute atomic E-state index is 12.7. The van der Waals surface area contributed by atoms with Crippen LogP contribution in [0.3, 0.4) is 0 Å². The standard InChI is InChI=1S/C9H17FN2O2.ClH/c1-9(2,3)14-8(13)12-7-4-6(10)5-11-7;/h6-7,11H,4-5H2,1-3H3,(H,12,13);1H/t6-,7+;/m0./s1. The van der Waals surface area contributed by atoms with E-state index in [-0.39, 0.29) is 18.6 Å². The SMILES string of the molecule is CC(C)(C)OC(=O)N[C@@H]1C[C@H](F)CN1.Cl. The van der Waals surface area contributed by atoms with Gasteiger partial charge in [-0.05, 0) is 20.8 Å². The Morgan fingerprint density at radius 2 is 2.13 bits per heavy atom. The zero-order valence-corrected chi connectivity index (χ0v) is 9.99. The van der Waals surface area contributed by atoms with E-state index in [1.807, 2.05) is 0 Å². The summed E-state index contributed by atoms with van der Waals surface area (Å²) in [6.07, 6.45) is -1.39. The number of halogens is 2. The maximum atomic E-state index is 12.7. The number of hydrogen-bond acceptors (Lipinski definition) is 3. The highest BCUT2D eigenvalue weighted by Gasteiger charge is 2.26. The third-order valence-electron chi connectivity index (χ3n) is 1.77. The molecular formula is C9H18ClFN2O2. The summed E-state index contributed by atoms with van der Waals surface area (Å²) < 4.78 is 17.7. The Hall–Kier alpha value is -0.550. The van der Waals surface area contributed by atoms with Crippen molar-refractivity contribution in [2.45, 2.75) is 45.1 Å². The normalized spacial score (nSPS) is 25.6. The van der Waals surface area contributed by atoms with Crippen molar-refractivity contribution in [3.63, 3.8) is 0 Å². The zero-order valence-electron chi connectivity index (χ0n) is 9.17. The molecule has 1 aliphatic rings. The van der Waals surface area contributed by atoms with Crippen LogP contribution in [0.1, 0.15) is 27.2 Å². The van der Waals surface area contributed by atoms with Gasteiger partial charge in [-0.3, -0.25) is 5.32 Å². The van der Waals surface area contributed by atoms with Crippen LogP contribution >= 0.6 is 12.4 Å². The van der Waals surface area contributed by atoms with Crippen LogP contribution in [0.5, 0.6) is 0 Å². The molecule has 0 bridgehead atoms. The summed E-state index contributed by atoms with van der Waals surface area (Å²) in [6.45, 7) is 5.65. The average molecular weight is 241 g/mol. The third kappa shape index (κ3) is 5.79. The molecule has 1 aliphatic heterocycles. The van der Waals surface area contributed by atoms with Crippen LogP contribution in [-0.2, 0) is 4.74 Å². The van der Waals surface area contributed by atoms with E-state index in [2.05, 4.69) is 10.6 Å². The Balaban J connectivity index is 0.00000196. The lowest BCUT2D eigenvalue weighted by molar-refractivity contribution is 0.0499. The molecule has 1 amide bonds. The molecule has 1 fully saturated rings. The van der Waals surface area contributed by atoms with Gasteiger partial charge in [0.05, 0.1) is 6.17 Å². The summed E-state index contributed by atoms with van der Waals surface area (Å²) in [5.41, 5.74) is -0.516. The maximum Gasteiger partial charge on any atom is 0.408 e. The molecule has 1 rings (SSSR count). The molecule has 15 heavy (non-hydrogen) atoms. The van der Waals surface area contributed by atoms with Crippen LogP contribution in [0.15, 0.2) is 0 Å². The van der Waals surface area contributed by atoms with Crippen molar-refractivity contribution in [1.29, 1.82) is 0 Å². The summed E-state index contributed by atoms with van der Waals surface area (Å²) in [4.78, 5) is 11.2. The van der Waals surface area contributed by atoms with Gasteiger partial charge in [0.25, 0.3) is 0 Å². The third-order valence-corrected chi connectivity index (χ3v) is 1.77. The van der Waals surface area contributed by atoms with Crippen molar-refractivity contribution in [3.8, 4) is 0 Å². The summed E-state index contributed by atoms with van der Waals surface area (Å²) in [6, 6.07) is 0. The molecule has 0 aromatic rings. The highest BCUT2D eigenvalue weighted by molar-refractivity contribution is 5.85. The van der Waals surface area contributed by atoms with Gasteiger partial charge < -0.3 is 10.1 Å². The van der Waals surface area contributed by atoms with Gasteiger partial charge in [-0.15, -0.1) is 12.4 Å². The molecule has 0 aliphatic carbocycles. The van der Waals surface area contributed by atoms with E-state index in [1.54, 1.807) is 20.8 Å². The second-order valence-electron chi connectivity index (χ2n) is 4.44. The van der Waals surface area contributed by atoms with E-state index in [1.165, 1.54) is 0 Å². The summed E-state index contributed by atoms with van der Waals surface area (Å²) in [5.74, 6) is 0. The van der Waals surface area contributed by atoms with E-state index in [4.69, 9.17) is 4.74 Å². The monoisotopic (exact) mass is 240 g/mol. The molecule has 0 radical (unpaired) electrons. The highest BCUT2D eigenvalue weighted by atomic mass is 35.5. The number of carbonyl (C=O) groups excluding carboxylic acids is 1. The van der Waals surface area contributed by atoms with E-state index in [9.17, 15) is 9.18 Å². The van der Waals surface area contributed by atoms with Crippen LogP contribution in [0, 0.1) is 0 Å². The summed E-state index contributed by atoms with van der Waals surface area (Å²) in [5, 5.41) is 5.39. The molecule has 1 heterocycles. The van der Waals surface area contributed by atoms with Crippen molar-refractivity contribution in [1.82, 2.24) is 10.6 Å². The minimum Gasteiger partial charge on any atom is -0.444 e. The molecule has 6 heteroatoms. The van der Waals surface area contributed by atoms with Gasteiger partial charge in [-0.25, -0.2) is 9.18 Å². The lowest BCUT2D eigenvalue weighted by atomic mass is 10.2. The Labute approximate surface area is 95.3 Å². The lowest BCUT2D eigenvalue weighted by Crippen LogP contribution is -2.43. The molecule has 4 nitrogen and oxygen atoms in total. The molecule has 1 saturated heterocycles. The van der Waals surface area contributed by atoms with Gasteiger partial charge in [-0.1, -0.05) is 0 Å². The van der Waals surface area contributed by atoms with E-state index in [0.29, 0.717) is 13.0 Å². The minimum absolute atomic E-state index is 0. The van der Waals surface area contributed by atoms with Crippen LogP contribution in [0.2, 0.25) is 0 Å². The fraction of sp³-hybridized carbons (Fsp3) is 0.889. The quantitative estimate of drug-likeness (QED) is 0.732. The number of amides is 1. The Morgan fingerprint density at radius 3 is 2.53 bits per heavy atom. The predicted molar refractivity (Wildman–Crippen MR) is 57.9 cm³/mol. The molecule has 0 saturated carbocycles. The van der Waals surface area contributed by atoms with E-state index < -0.39 is 17.9 Å². The minimum atomic E-state index is -0.880. The Morgan fingerprint density at radius 1 is 1.53 bits per heavy atom. The van der Waals surface area contributed by atoms with Gasteiger partial charge in [0, 0.05) is 13.0 Å². The van der Waals surface area contributed by atoms with Crippen molar-refractivity contribution >= 4 is 18.5 Å². The predicted octanol–water partition coefficient (Wildman–Crippen LogP) is 1.59.